The Morgan fingerprint density at radius 3 is 0.819 bits per heavy atom. The second-order valence-electron chi connectivity index (χ2n) is 23.6. The Hall–Kier alpha value is -1.94. The van der Waals surface area contributed by atoms with Gasteiger partial charge in [0.05, 0.1) is 26.4 Å². The van der Waals surface area contributed by atoms with Crippen LogP contribution in [-0.2, 0) is 65.4 Å². The van der Waals surface area contributed by atoms with Gasteiger partial charge in [0.25, 0.3) is 0 Å². The first-order valence-corrected chi connectivity index (χ1v) is 36.6. The summed E-state index contributed by atoms with van der Waals surface area (Å²) in [6.45, 7) is 7.16. The number of aliphatic hydroxyl groups excluding tert-OH is 1. The summed E-state index contributed by atoms with van der Waals surface area (Å²) in [6.07, 6.45) is 41.8. The number of esters is 4. The molecule has 0 amide bonds. The topological polar surface area (TPSA) is 237 Å². The molecule has 0 fully saturated rings. The molecule has 0 radical (unpaired) electrons. The van der Waals surface area contributed by atoms with Gasteiger partial charge in [-0.2, -0.15) is 0 Å². The number of hydrogen-bond acceptors (Lipinski definition) is 15. The first-order chi connectivity index (χ1) is 40.0. The first kappa shape index (κ1) is 81.1. The van der Waals surface area contributed by atoms with E-state index in [0.717, 1.165) is 109 Å². The summed E-state index contributed by atoms with van der Waals surface area (Å²) in [5.41, 5.74) is 0. The van der Waals surface area contributed by atoms with Crippen molar-refractivity contribution < 1.29 is 80.2 Å². The highest BCUT2D eigenvalue weighted by molar-refractivity contribution is 7.47. The van der Waals surface area contributed by atoms with E-state index in [4.69, 9.17) is 37.0 Å². The Kier molecular flexibility index (Phi) is 56.4. The van der Waals surface area contributed by atoms with Crippen LogP contribution in [0.2, 0.25) is 0 Å². The second kappa shape index (κ2) is 57.8. The number of carbonyl (C=O) groups is 4. The Morgan fingerprint density at radius 1 is 0.325 bits per heavy atom. The van der Waals surface area contributed by atoms with E-state index in [0.29, 0.717) is 25.7 Å². The molecular formula is C64H124O17P2. The van der Waals surface area contributed by atoms with Crippen molar-refractivity contribution in [1.82, 2.24) is 0 Å². The molecule has 0 rings (SSSR count). The third kappa shape index (κ3) is 58.8. The molecule has 0 bridgehead atoms. The third-order valence-corrected chi connectivity index (χ3v) is 16.7. The van der Waals surface area contributed by atoms with Crippen molar-refractivity contribution in [2.75, 3.05) is 39.6 Å². The molecule has 0 saturated carbocycles. The maximum atomic E-state index is 13.0. The molecule has 0 aliphatic heterocycles. The van der Waals surface area contributed by atoms with E-state index < -0.39 is 97.5 Å². The van der Waals surface area contributed by atoms with E-state index in [1.807, 2.05) is 0 Å². The fraction of sp³-hybridized carbons (Fsp3) is 0.938. The molecule has 83 heavy (non-hydrogen) atoms. The highest BCUT2D eigenvalue weighted by atomic mass is 31.2. The summed E-state index contributed by atoms with van der Waals surface area (Å²) in [7, 11) is -9.88. The number of aliphatic hydroxyl groups is 1. The van der Waals surface area contributed by atoms with Gasteiger partial charge < -0.3 is 33.8 Å². The average Bonchev–Trinajstić information content (AvgIpc) is 3.51. The van der Waals surface area contributed by atoms with Gasteiger partial charge in [0.1, 0.15) is 19.3 Å². The Balaban J connectivity index is 5.17. The number of rotatable bonds is 64. The molecule has 492 valence electrons. The summed E-state index contributed by atoms with van der Waals surface area (Å²) < 4.78 is 67.9. The zero-order valence-corrected chi connectivity index (χ0v) is 55.1. The molecule has 0 aliphatic carbocycles. The lowest BCUT2D eigenvalue weighted by Crippen LogP contribution is -2.30. The molecule has 5 atom stereocenters. The quantitative estimate of drug-likeness (QED) is 0.0222. The molecule has 0 spiro atoms. The molecular weight excluding hydrogens is 1100 g/mol. The van der Waals surface area contributed by atoms with Gasteiger partial charge in [-0.1, -0.05) is 272 Å². The van der Waals surface area contributed by atoms with Crippen molar-refractivity contribution in [2.24, 2.45) is 5.92 Å². The fourth-order valence-corrected chi connectivity index (χ4v) is 11.2. The summed E-state index contributed by atoms with van der Waals surface area (Å²) in [5, 5.41) is 10.5. The Morgan fingerprint density at radius 2 is 0.554 bits per heavy atom. The van der Waals surface area contributed by atoms with Crippen molar-refractivity contribution in [3.05, 3.63) is 0 Å². The molecule has 17 nitrogen and oxygen atoms in total. The van der Waals surface area contributed by atoms with Crippen LogP contribution in [-0.4, -0.2) is 96.7 Å². The van der Waals surface area contributed by atoms with Gasteiger partial charge in [0, 0.05) is 25.7 Å². The number of hydrogen-bond donors (Lipinski definition) is 3. The van der Waals surface area contributed by atoms with Gasteiger partial charge in [-0.3, -0.25) is 37.3 Å². The Bertz CT molecular complexity index is 1620. The van der Waals surface area contributed by atoms with Crippen molar-refractivity contribution in [1.29, 1.82) is 0 Å². The molecule has 0 aromatic rings. The lowest BCUT2D eigenvalue weighted by molar-refractivity contribution is -0.161. The van der Waals surface area contributed by atoms with Gasteiger partial charge >= 0.3 is 39.5 Å². The van der Waals surface area contributed by atoms with Crippen LogP contribution >= 0.6 is 15.6 Å². The van der Waals surface area contributed by atoms with E-state index in [-0.39, 0.29) is 25.7 Å². The lowest BCUT2D eigenvalue weighted by atomic mass is 10.0. The SMILES string of the molecule is CCCCCCCCCCCCC(=O)OC[C@H](COP(=O)(O)OC[C@@H](O)COP(=O)(O)OC[C@@H](COC(=O)CCCCCCCCC)OC(=O)CCCCCCCCCCC)OC(=O)CCCCCCCCCCCCCCCCC(C)C. The third-order valence-electron chi connectivity index (χ3n) is 14.8. The molecule has 0 heterocycles. The number of phosphoric ester groups is 2. The fourth-order valence-electron chi connectivity index (χ4n) is 9.58. The number of ether oxygens (including phenoxy) is 4. The zero-order chi connectivity index (χ0) is 61.3. The molecule has 3 N–H and O–H groups in total. The lowest BCUT2D eigenvalue weighted by Gasteiger charge is -2.21. The van der Waals surface area contributed by atoms with Gasteiger partial charge in [-0.25, -0.2) is 9.13 Å². The Labute approximate surface area is 505 Å². The van der Waals surface area contributed by atoms with Crippen LogP contribution in [0.25, 0.3) is 0 Å². The molecule has 0 aromatic heterocycles. The first-order valence-electron chi connectivity index (χ1n) is 33.6. The summed E-state index contributed by atoms with van der Waals surface area (Å²) in [5.74, 6) is -1.34. The van der Waals surface area contributed by atoms with E-state index in [1.54, 1.807) is 0 Å². The molecule has 0 aliphatic rings. The van der Waals surface area contributed by atoms with Crippen molar-refractivity contribution in [2.45, 2.75) is 342 Å². The van der Waals surface area contributed by atoms with E-state index in [1.165, 1.54) is 135 Å². The standard InChI is InChI=1S/C64H124O17P2/c1-6-9-12-15-18-20-29-33-38-43-48-62(67)75-54-60(81-64(69)50-45-40-35-30-26-24-22-21-23-25-28-32-36-41-46-57(4)5)56-79-83(72,73)77-52-58(65)51-76-82(70,71)78-55-59(53-74-61(66)47-42-37-31-17-14-11-8-3)80-63(68)49-44-39-34-27-19-16-13-10-7-2/h57-60,65H,6-56H2,1-5H3,(H,70,71)(H,72,73)/t58-,59+,60+/m0/s1. The van der Waals surface area contributed by atoms with Gasteiger partial charge in [-0.05, 0) is 31.6 Å². The van der Waals surface area contributed by atoms with Crippen LogP contribution in [0.15, 0.2) is 0 Å². The van der Waals surface area contributed by atoms with Gasteiger partial charge in [0.15, 0.2) is 12.2 Å². The normalized spacial score (nSPS) is 14.2. The van der Waals surface area contributed by atoms with Crippen LogP contribution in [0, 0.1) is 5.92 Å². The van der Waals surface area contributed by atoms with Crippen LogP contribution in [0.5, 0.6) is 0 Å². The number of carbonyl (C=O) groups excluding carboxylic acids is 4. The average molecular weight is 1230 g/mol. The number of phosphoric acid groups is 2. The minimum atomic E-state index is -4.94. The smallest absolute Gasteiger partial charge is 0.462 e. The molecule has 0 aromatic carbocycles. The highest BCUT2D eigenvalue weighted by Gasteiger charge is 2.30. The van der Waals surface area contributed by atoms with Crippen molar-refractivity contribution in [3.63, 3.8) is 0 Å². The highest BCUT2D eigenvalue weighted by Crippen LogP contribution is 2.45. The predicted molar refractivity (Wildman–Crippen MR) is 331 cm³/mol. The predicted octanol–water partition coefficient (Wildman–Crippen LogP) is 17.8. The van der Waals surface area contributed by atoms with Gasteiger partial charge in [0.2, 0.25) is 0 Å². The maximum absolute atomic E-state index is 13.0. The van der Waals surface area contributed by atoms with Crippen LogP contribution < -0.4 is 0 Å². The minimum absolute atomic E-state index is 0.105. The monoisotopic (exact) mass is 1230 g/mol. The van der Waals surface area contributed by atoms with Crippen LogP contribution in [0.4, 0.5) is 0 Å². The van der Waals surface area contributed by atoms with Crippen LogP contribution in [0.1, 0.15) is 324 Å². The number of unbranched alkanes of at least 4 members (excludes halogenated alkanes) is 36. The molecule has 2 unspecified atom stereocenters. The van der Waals surface area contributed by atoms with Crippen LogP contribution in [0.3, 0.4) is 0 Å². The van der Waals surface area contributed by atoms with Crippen molar-refractivity contribution >= 4 is 39.5 Å². The molecule has 19 heteroatoms. The second-order valence-corrected chi connectivity index (χ2v) is 26.5. The maximum Gasteiger partial charge on any atom is 0.472 e. The van der Waals surface area contributed by atoms with Gasteiger partial charge in [-0.15, -0.1) is 0 Å². The summed E-state index contributed by atoms with van der Waals surface area (Å²) in [6, 6.07) is 0. The largest absolute Gasteiger partial charge is 0.472 e. The van der Waals surface area contributed by atoms with Crippen molar-refractivity contribution in [3.8, 4) is 0 Å². The minimum Gasteiger partial charge on any atom is -0.462 e. The summed E-state index contributed by atoms with van der Waals surface area (Å²) >= 11 is 0. The van der Waals surface area contributed by atoms with E-state index in [9.17, 15) is 43.2 Å². The van der Waals surface area contributed by atoms with E-state index >= 15 is 0 Å². The summed E-state index contributed by atoms with van der Waals surface area (Å²) in [4.78, 5) is 72.0. The van der Waals surface area contributed by atoms with E-state index in [2.05, 4.69) is 34.6 Å². The molecule has 0 saturated heterocycles. The zero-order valence-electron chi connectivity index (χ0n) is 53.3.